The van der Waals surface area contributed by atoms with Gasteiger partial charge in [-0.3, -0.25) is 9.78 Å². The molecule has 2 aromatic heterocycles. The van der Waals surface area contributed by atoms with Crippen LogP contribution < -0.4 is 0 Å². The largest absolute Gasteiger partial charge is 0.338 e. The zero-order valence-corrected chi connectivity index (χ0v) is 14.7. The molecule has 3 aromatic rings. The van der Waals surface area contributed by atoms with Crippen LogP contribution in [0.2, 0.25) is 0 Å². The number of nitrogens with zero attached hydrogens (tertiary/aromatic N) is 4. The van der Waals surface area contributed by atoms with Crippen molar-refractivity contribution in [3.05, 3.63) is 66.0 Å². The third kappa shape index (κ3) is 4.02. The number of halogens is 1. The van der Waals surface area contributed by atoms with Gasteiger partial charge in [0, 0.05) is 37.5 Å². The predicted molar refractivity (Wildman–Crippen MR) is 96.3 cm³/mol. The molecule has 1 aromatic carbocycles. The van der Waals surface area contributed by atoms with Crippen LogP contribution >= 0.6 is 0 Å². The van der Waals surface area contributed by atoms with E-state index in [1.807, 2.05) is 17.0 Å². The molecule has 6 nitrogen and oxygen atoms in total. The average Bonchev–Trinajstić information content (AvgIpc) is 3.17. The number of amides is 1. The standard InChI is InChI=1S/C20H19FN4O2/c21-17-7-5-15(6-8-17)20(26)25-10-2-3-14(13-25)11-18-23-19(27-24-18)16-4-1-9-22-12-16/h1,4-9,12,14H,2-3,10-11,13H2. The number of benzene rings is 1. The first-order valence-corrected chi connectivity index (χ1v) is 8.97. The zero-order valence-electron chi connectivity index (χ0n) is 14.7. The predicted octanol–water partition coefficient (Wildman–Crippen LogP) is 3.37. The van der Waals surface area contributed by atoms with Crippen molar-refractivity contribution in [1.29, 1.82) is 0 Å². The molecule has 1 aliphatic heterocycles. The summed E-state index contributed by atoms with van der Waals surface area (Å²) in [7, 11) is 0. The fourth-order valence-electron chi connectivity index (χ4n) is 3.39. The van der Waals surface area contributed by atoms with Crippen molar-refractivity contribution in [2.24, 2.45) is 5.92 Å². The van der Waals surface area contributed by atoms with E-state index in [0.29, 0.717) is 36.8 Å². The normalized spacial score (nSPS) is 17.1. The number of likely N-dealkylation sites (tertiary alicyclic amines) is 1. The molecule has 0 radical (unpaired) electrons. The van der Waals surface area contributed by atoms with Gasteiger partial charge < -0.3 is 9.42 Å². The number of hydrogen-bond donors (Lipinski definition) is 0. The number of aromatic nitrogens is 3. The first kappa shape index (κ1) is 17.3. The van der Waals surface area contributed by atoms with Gasteiger partial charge in [-0.1, -0.05) is 5.16 Å². The molecular formula is C20H19FN4O2. The third-order valence-corrected chi connectivity index (χ3v) is 4.75. The molecule has 3 heterocycles. The van der Waals surface area contributed by atoms with Gasteiger partial charge in [0.2, 0.25) is 0 Å². The molecule has 1 aliphatic rings. The van der Waals surface area contributed by atoms with E-state index >= 15 is 0 Å². The summed E-state index contributed by atoms with van der Waals surface area (Å²) in [5, 5.41) is 4.07. The SMILES string of the molecule is O=C(c1ccc(F)cc1)N1CCCC(Cc2noc(-c3cccnc3)n2)C1. The highest BCUT2D eigenvalue weighted by Crippen LogP contribution is 2.23. The van der Waals surface area contributed by atoms with E-state index in [1.54, 1.807) is 12.4 Å². The molecule has 1 amide bonds. The van der Waals surface area contributed by atoms with Crippen molar-refractivity contribution in [1.82, 2.24) is 20.0 Å². The van der Waals surface area contributed by atoms with Crippen molar-refractivity contribution in [2.45, 2.75) is 19.3 Å². The summed E-state index contributed by atoms with van der Waals surface area (Å²) in [4.78, 5) is 23.0. The second kappa shape index (κ2) is 7.65. The highest BCUT2D eigenvalue weighted by molar-refractivity contribution is 5.94. The van der Waals surface area contributed by atoms with E-state index in [9.17, 15) is 9.18 Å². The molecular weight excluding hydrogens is 347 g/mol. The van der Waals surface area contributed by atoms with Gasteiger partial charge in [0.25, 0.3) is 11.8 Å². The van der Waals surface area contributed by atoms with Gasteiger partial charge in [0.05, 0.1) is 5.56 Å². The third-order valence-electron chi connectivity index (χ3n) is 4.75. The molecule has 1 saturated heterocycles. The van der Waals surface area contributed by atoms with E-state index in [4.69, 9.17) is 4.52 Å². The van der Waals surface area contributed by atoms with Crippen LogP contribution in [0.4, 0.5) is 4.39 Å². The number of piperidine rings is 1. The van der Waals surface area contributed by atoms with Crippen LogP contribution in [0.5, 0.6) is 0 Å². The Hall–Kier alpha value is -3.09. The number of pyridine rings is 1. The van der Waals surface area contributed by atoms with Crippen LogP contribution in [0.25, 0.3) is 11.5 Å². The van der Waals surface area contributed by atoms with E-state index in [2.05, 4.69) is 15.1 Å². The monoisotopic (exact) mass is 366 g/mol. The molecule has 0 aliphatic carbocycles. The van der Waals surface area contributed by atoms with Gasteiger partial charge in [0.1, 0.15) is 5.82 Å². The lowest BCUT2D eigenvalue weighted by Crippen LogP contribution is -2.40. The van der Waals surface area contributed by atoms with Crippen LogP contribution in [-0.4, -0.2) is 39.0 Å². The first-order chi connectivity index (χ1) is 13.2. The van der Waals surface area contributed by atoms with Crippen molar-refractivity contribution >= 4 is 5.91 Å². The van der Waals surface area contributed by atoms with Gasteiger partial charge in [-0.15, -0.1) is 0 Å². The fourth-order valence-corrected chi connectivity index (χ4v) is 3.39. The summed E-state index contributed by atoms with van der Waals surface area (Å²) in [6.07, 6.45) is 5.95. The van der Waals surface area contributed by atoms with Crippen LogP contribution in [0.3, 0.4) is 0 Å². The molecule has 1 unspecified atom stereocenters. The molecule has 138 valence electrons. The Morgan fingerprint density at radius 3 is 2.89 bits per heavy atom. The topological polar surface area (TPSA) is 72.1 Å². The van der Waals surface area contributed by atoms with Crippen molar-refractivity contribution in [3.63, 3.8) is 0 Å². The number of rotatable bonds is 4. The summed E-state index contributed by atoms with van der Waals surface area (Å²) in [6, 6.07) is 9.37. The maximum atomic E-state index is 13.1. The van der Waals surface area contributed by atoms with Crippen LogP contribution in [0.15, 0.2) is 53.3 Å². The Morgan fingerprint density at radius 1 is 1.26 bits per heavy atom. The molecule has 4 rings (SSSR count). The number of hydrogen-bond acceptors (Lipinski definition) is 5. The van der Waals surface area contributed by atoms with Crippen molar-refractivity contribution < 1.29 is 13.7 Å². The zero-order chi connectivity index (χ0) is 18.6. The minimum Gasteiger partial charge on any atom is -0.338 e. The van der Waals surface area contributed by atoms with Gasteiger partial charge in [-0.2, -0.15) is 4.98 Å². The van der Waals surface area contributed by atoms with E-state index in [0.717, 1.165) is 18.4 Å². The first-order valence-electron chi connectivity index (χ1n) is 8.97. The quantitative estimate of drug-likeness (QED) is 0.708. The van der Waals surface area contributed by atoms with Crippen LogP contribution in [0, 0.1) is 11.7 Å². The lowest BCUT2D eigenvalue weighted by atomic mass is 9.94. The van der Waals surface area contributed by atoms with Gasteiger partial charge in [-0.05, 0) is 55.2 Å². The fraction of sp³-hybridized carbons (Fsp3) is 0.300. The number of carbonyl (C=O) groups is 1. The highest BCUT2D eigenvalue weighted by atomic mass is 19.1. The van der Waals surface area contributed by atoms with E-state index in [1.165, 1.54) is 24.3 Å². The maximum Gasteiger partial charge on any atom is 0.259 e. The maximum absolute atomic E-state index is 13.1. The summed E-state index contributed by atoms with van der Waals surface area (Å²) in [6.45, 7) is 1.34. The molecule has 1 fully saturated rings. The minimum atomic E-state index is -0.343. The summed E-state index contributed by atoms with van der Waals surface area (Å²) in [5.74, 6) is 0.944. The van der Waals surface area contributed by atoms with E-state index < -0.39 is 0 Å². The van der Waals surface area contributed by atoms with Crippen molar-refractivity contribution in [2.75, 3.05) is 13.1 Å². The molecule has 7 heteroatoms. The summed E-state index contributed by atoms with van der Waals surface area (Å²) >= 11 is 0. The lowest BCUT2D eigenvalue weighted by molar-refractivity contribution is 0.0672. The molecule has 0 spiro atoms. The second-order valence-corrected chi connectivity index (χ2v) is 6.73. The Morgan fingerprint density at radius 2 is 2.11 bits per heavy atom. The molecule has 1 atom stereocenters. The van der Waals surface area contributed by atoms with Crippen LogP contribution in [0.1, 0.15) is 29.0 Å². The van der Waals surface area contributed by atoms with E-state index in [-0.39, 0.29) is 17.6 Å². The lowest BCUT2D eigenvalue weighted by Gasteiger charge is -2.32. The Bertz CT molecular complexity index is 911. The number of carbonyl (C=O) groups excluding carboxylic acids is 1. The van der Waals surface area contributed by atoms with Gasteiger partial charge in [0.15, 0.2) is 5.82 Å². The summed E-state index contributed by atoms with van der Waals surface area (Å²) in [5.41, 5.74) is 1.29. The summed E-state index contributed by atoms with van der Waals surface area (Å²) < 4.78 is 18.4. The average molecular weight is 366 g/mol. The van der Waals surface area contributed by atoms with Gasteiger partial charge >= 0.3 is 0 Å². The Labute approximate surface area is 156 Å². The van der Waals surface area contributed by atoms with Crippen LogP contribution in [-0.2, 0) is 6.42 Å². The Kier molecular flexibility index (Phi) is 4.91. The van der Waals surface area contributed by atoms with Gasteiger partial charge in [-0.25, -0.2) is 4.39 Å². The second-order valence-electron chi connectivity index (χ2n) is 6.73. The molecule has 0 N–H and O–H groups in total. The Balaban J connectivity index is 1.41. The van der Waals surface area contributed by atoms with Crippen molar-refractivity contribution in [3.8, 4) is 11.5 Å². The molecule has 0 saturated carbocycles. The molecule has 27 heavy (non-hydrogen) atoms. The molecule has 0 bridgehead atoms. The highest BCUT2D eigenvalue weighted by Gasteiger charge is 2.26. The smallest absolute Gasteiger partial charge is 0.259 e. The minimum absolute atomic E-state index is 0.0659.